The molecule has 1 aromatic carbocycles. The van der Waals surface area contributed by atoms with Gasteiger partial charge in [0.15, 0.2) is 5.16 Å². The van der Waals surface area contributed by atoms with Crippen molar-refractivity contribution in [2.75, 3.05) is 0 Å². The van der Waals surface area contributed by atoms with Crippen LogP contribution in [0.1, 0.15) is 18.1 Å². The molecule has 0 N–H and O–H groups in total. The summed E-state index contributed by atoms with van der Waals surface area (Å²) in [6, 6.07) is 9.86. The Morgan fingerprint density at radius 2 is 1.97 bits per heavy atom. The zero-order valence-corrected chi connectivity index (χ0v) is 19.7. The Bertz CT molecular complexity index is 1520. The second-order valence-corrected chi connectivity index (χ2v) is 10.2. The lowest BCUT2D eigenvalue weighted by atomic mass is 10.2. The molecule has 0 fully saturated rings. The van der Waals surface area contributed by atoms with E-state index in [-0.39, 0.29) is 22.4 Å². The van der Waals surface area contributed by atoms with Gasteiger partial charge in [0.1, 0.15) is 4.83 Å². The first kappa shape index (κ1) is 21.5. The molecule has 12 heteroatoms. The van der Waals surface area contributed by atoms with Crippen LogP contribution in [-0.2, 0) is 7.05 Å². The fourth-order valence-corrected chi connectivity index (χ4v) is 5.93. The van der Waals surface area contributed by atoms with E-state index in [9.17, 15) is 14.9 Å². The van der Waals surface area contributed by atoms with Crippen molar-refractivity contribution >= 4 is 50.3 Å². The summed E-state index contributed by atoms with van der Waals surface area (Å²) in [4.78, 5) is 29.9. The Morgan fingerprint density at radius 3 is 2.67 bits per heavy atom. The first-order valence-electron chi connectivity index (χ1n) is 9.69. The lowest BCUT2D eigenvalue weighted by Crippen LogP contribution is -2.19. The second kappa shape index (κ2) is 8.54. The van der Waals surface area contributed by atoms with Crippen molar-refractivity contribution in [1.29, 1.82) is 0 Å². The molecule has 5 rings (SSSR count). The molecule has 33 heavy (non-hydrogen) atoms. The Hall–Kier alpha value is -3.35. The molecule has 4 aromatic heterocycles. The minimum absolute atomic E-state index is 0.0133. The fourth-order valence-electron chi connectivity index (χ4n) is 3.22. The summed E-state index contributed by atoms with van der Waals surface area (Å²) in [5, 5.41) is 23.9. The first-order chi connectivity index (χ1) is 15.9. The van der Waals surface area contributed by atoms with Gasteiger partial charge in [0.2, 0.25) is 11.8 Å². The van der Waals surface area contributed by atoms with Crippen LogP contribution in [0.5, 0.6) is 0 Å². The van der Waals surface area contributed by atoms with Gasteiger partial charge in [-0.25, -0.2) is 4.98 Å². The van der Waals surface area contributed by atoms with Crippen molar-refractivity contribution in [1.82, 2.24) is 19.7 Å². The quantitative estimate of drug-likeness (QED) is 0.130. The lowest BCUT2D eigenvalue weighted by Gasteiger charge is -2.10. The van der Waals surface area contributed by atoms with E-state index < -0.39 is 4.92 Å². The second-order valence-electron chi connectivity index (χ2n) is 7.07. The number of hydrogen-bond acceptors (Lipinski definition) is 10. The molecular weight excluding hydrogens is 482 g/mol. The maximum absolute atomic E-state index is 13.1. The summed E-state index contributed by atoms with van der Waals surface area (Å²) >= 11 is 4.39. The van der Waals surface area contributed by atoms with Gasteiger partial charge in [0.05, 0.1) is 15.6 Å². The summed E-state index contributed by atoms with van der Waals surface area (Å²) in [6.45, 7) is 1.89. The fraction of sp³-hybridized carbons (Fsp3) is 0.143. The summed E-state index contributed by atoms with van der Waals surface area (Å²) < 4.78 is 7.33. The third-order valence-electron chi connectivity index (χ3n) is 4.96. The largest absolute Gasteiger partial charge is 0.419 e. The Kier molecular flexibility index (Phi) is 5.56. The number of hydrogen-bond donors (Lipinski definition) is 0. The Balaban J connectivity index is 1.42. The molecular formula is C21H15N5O4S3. The molecule has 4 heterocycles. The number of nitro groups is 1. The topological polar surface area (TPSA) is 117 Å². The van der Waals surface area contributed by atoms with Crippen molar-refractivity contribution in [2.24, 2.45) is 7.05 Å². The zero-order chi connectivity index (χ0) is 23.1. The highest BCUT2D eigenvalue weighted by molar-refractivity contribution is 7.99. The third-order valence-corrected chi connectivity index (χ3v) is 7.86. The van der Waals surface area contributed by atoms with Gasteiger partial charge in [-0.2, -0.15) is 0 Å². The molecule has 9 nitrogen and oxygen atoms in total. The molecule has 0 radical (unpaired) electrons. The molecule has 0 aliphatic rings. The normalized spacial score (nSPS) is 12.3. The van der Waals surface area contributed by atoms with Gasteiger partial charge in [0, 0.05) is 40.6 Å². The predicted octanol–water partition coefficient (Wildman–Crippen LogP) is 5.54. The van der Waals surface area contributed by atoms with E-state index in [1.54, 1.807) is 35.1 Å². The summed E-state index contributed by atoms with van der Waals surface area (Å²) in [6.07, 6.45) is 0. The minimum Gasteiger partial charge on any atom is -0.419 e. The molecule has 166 valence electrons. The summed E-state index contributed by atoms with van der Waals surface area (Å²) in [5.41, 5.74) is 1.38. The number of benzene rings is 1. The van der Waals surface area contributed by atoms with Crippen molar-refractivity contribution in [2.45, 2.75) is 17.3 Å². The van der Waals surface area contributed by atoms with Crippen LogP contribution in [0.2, 0.25) is 0 Å². The number of aromatic nitrogens is 4. The molecule has 0 amide bonds. The molecule has 0 bridgehead atoms. The van der Waals surface area contributed by atoms with E-state index in [0.29, 0.717) is 26.8 Å². The monoisotopic (exact) mass is 497 g/mol. The van der Waals surface area contributed by atoms with Gasteiger partial charge >= 0.3 is 0 Å². The standard InChI is InChI=1S/C21H15N5O4S3/c1-11(17-23-24-18(30-17)12-5-7-13(8-6-12)26(28)29)33-21-22-19-16(20(27)25(21)2)14(10-32-19)15-4-3-9-31-15/h3-11H,1-2H3. The maximum atomic E-state index is 13.1. The molecule has 0 saturated carbocycles. The number of fused-ring (bicyclic) bond motifs is 1. The van der Waals surface area contributed by atoms with Crippen molar-refractivity contribution in [3.05, 3.63) is 73.5 Å². The molecule has 1 unspecified atom stereocenters. The van der Waals surface area contributed by atoms with E-state index in [1.165, 1.54) is 35.2 Å². The van der Waals surface area contributed by atoms with Crippen molar-refractivity contribution < 1.29 is 9.34 Å². The first-order valence-corrected chi connectivity index (χ1v) is 12.3. The van der Waals surface area contributed by atoms with Crippen LogP contribution in [0.25, 0.3) is 32.1 Å². The number of rotatable bonds is 6. The number of non-ortho nitro benzene ring substituents is 1. The maximum Gasteiger partial charge on any atom is 0.269 e. The number of nitrogens with zero attached hydrogens (tertiary/aromatic N) is 5. The molecule has 0 aliphatic heterocycles. The highest BCUT2D eigenvalue weighted by atomic mass is 32.2. The van der Waals surface area contributed by atoms with Crippen LogP contribution < -0.4 is 5.56 Å². The van der Waals surface area contributed by atoms with Crippen LogP contribution in [0.4, 0.5) is 5.69 Å². The minimum atomic E-state index is -0.465. The van der Waals surface area contributed by atoms with Crippen LogP contribution in [0, 0.1) is 10.1 Å². The van der Waals surface area contributed by atoms with Crippen LogP contribution in [0.3, 0.4) is 0 Å². The molecule has 0 saturated heterocycles. The smallest absolute Gasteiger partial charge is 0.269 e. The van der Waals surface area contributed by atoms with Crippen molar-refractivity contribution in [3.63, 3.8) is 0 Å². The summed E-state index contributed by atoms with van der Waals surface area (Å²) in [7, 11) is 1.70. The van der Waals surface area contributed by atoms with E-state index in [2.05, 4.69) is 10.2 Å². The number of nitro benzene ring substituents is 1. The molecule has 5 aromatic rings. The SMILES string of the molecule is CC(Sc1nc2scc(-c3cccs3)c2c(=O)n1C)c1nnc(-c2ccc([N+](=O)[O-])cc2)o1. The molecule has 0 aliphatic carbocycles. The predicted molar refractivity (Wildman–Crippen MR) is 129 cm³/mol. The van der Waals surface area contributed by atoms with E-state index in [1.807, 2.05) is 29.8 Å². The molecule has 1 atom stereocenters. The highest BCUT2D eigenvalue weighted by Crippen LogP contribution is 2.37. The van der Waals surface area contributed by atoms with Crippen LogP contribution in [0.15, 0.2) is 61.5 Å². The Labute approximate surface area is 198 Å². The molecule has 0 spiro atoms. The zero-order valence-electron chi connectivity index (χ0n) is 17.3. The average molecular weight is 498 g/mol. The third kappa shape index (κ3) is 3.96. The van der Waals surface area contributed by atoms with Gasteiger partial charge in [-0.05, 0) is 30.5 Å². The van der Waals surface area contributed by atoms with Gasteiger partial charge in [-0.3, -0.25) is 19.5 Å². The number of thioether (sulfide) groups is 1. The lowest BCUT2D eigenvalue weighted by molar-refractivity contribution is -0.384. The average Bonchev–Trinajstić information content (AvgIpc) is 3.57. The number of thiophene rings is 2. The summed E-state index contributed by atoms with van der Waals surface area (Å²) in [5.74, 6) is 0.636. The van der Waals surface area contributed by atoms with E-state index in [0.717, 1.165) is 10.4 Å². The van der Waals surface area contributed by atoms with Gasteiger partial charge in [0.25, 0.3) is 11.2 Å². The Morgan fingerprint density at radius 1 is 1.18 bits per heavy atom. The van der Waals surface area contributed by atoms with Crippen LogP contribution >= 0.6 is 34.4 Å². The van der Waals surface area contributed by atoms with E-state index in [4.69, 9.17) is 9.40 Å². The van der Waals surface area contributed by atoms with Gasteiger partial charge in [-0.15, -0.1) is 32.9 Å². The highest BCUT2D eigenvalue weighted by Gasteiger charge is 2.21. The van der Waals surface area contributed by atoms with Crippen LogP contribution in [-0.4, -0.2) is 24.7 Å². The van der Waals surface area contributed by atoms with Crippen molar-refractivity contribution in [3.8, 4) is 21.9 Å². The van der Waals surface area contributed by atoms with E-state index >= 15 is 0 Å². The van der Waals surface area contributed by atoms with Gasteiger partial charge in [-0.1, -0.05) is 17.8 Å². The van der Waals surface area contributed by atoms with Gasteiger partial charge < -0.3 is 4.42 Å².